The number of amides is 2. The van der Waals surface area contributed by atoms with Crippen LogP contribution in [-0.2, 0) is 6.54 Å². The van der Waals surface area contributed by atoms with Crippen LogP contribution in [0.1, 0.15) is 30.9 Å². The lowest BCUT2D eigenvalue weighted by molar-refractivity contribution is 0.160. The fraction of sp³-hybridized carbons (Fsp3) is 0.412. The molecule has 1 aromatic carbocycles. The second-order valence-electron chi connectivity index (χ2n) is 5.64. The van der Waals surface area contributed by atoms with Crippen LogP contribution in [0.5, 0.6) is 0 Å². The van der Waals surface area contributed by atoms with E-state index in [-0.39, 0.29) is 12.1 Å². The highest BCUT2D eigenvalue weighted by atomic mass is 16.3. The van der Waals surface area contributed by atoms with E-state index in [1.54, 1.807) is 0 Å². The quantitative estimate of drug-likeness (QED) is 0.734. The van der Waals surface area contributed by atoms with Gasteiger partial charge in [-0.3, -0.25) is 4.68 Å². The molecule has 0 radical (unpaired) electrons. The number of aromatic nitrogens is 2. The Kier molecular flexibility index (Phi) is 6.17. The summed E-state index contributed by atoms with van der Waals surface area (Å²) in [6, 6.07) is 7.41. The molecular formula is C17H24N4O2. The molecule has 0 aliphatic rings. The van der Waals surface area contributed by atoms with Crippen molar-refractivity contribution in [2.24, 2.45) is 0 Å². The Morgan fingerprint density at radius 2 is 2.09 bits per heavy atom. The number of carbonyl (C=O) groups is 1. The van der Waals surface area contributed by atoms with Gasteiger partial charge in [0, 0.05) is 18.4 Å². The Balaban J connectivity index is 1.79. The van der Waals surface area contributed by atoms with Gasteiger partial charge in [-0.15, -0.1) is 0 Å². The van der Waals surface area contributed by atoms with Crippen molar-refractivity contribution in [1.82, 2.24) is 15.1 Å². The molecule has 0 bridgehead atoms. The van der Waals surface area contributed by atoms with Crippen molar-refractivity contribution in [3.05, 3.63) is 47.8 Å². The van der Waals surface area contributed by atoms with Gasteiger partial charge in [0.1, 0.15) is 0 Å². The molecule has 3 N–H and O–H groups in total. The normalized spacial score (nSPS) is 12.0. The maximum Gasteiger partial charge on any atom is 0.319 e. The number of aryl methyl sites for hydroxylation is 1. The lowest BCUT2D eigenvalue weighted by Gasteiger charge is -2.10. The lowest BCUT2D eigenvalue weighted by atomic mass is 10.2. The van der Waals surface area contributed by atoms with Crippen LogP contribution in [0.2, 0.25) is 0 Å². The van der Waals surface area contributed by atoms with Gasteiger partial charge in [0.15, 0.2) is 0 Å². The van der Waals surface area contributed by atoms with Crippen molar-refractivity contribution in [3.63, 3.8) is 0 Å². The van der Waals surface area contributed by atoms with Crippen LogP contribution in [0.3, 0.4) is 0 Å². The Hall–Kier alpha value is -2.34. The maximum atomic E-state index is 11.7. The predicted molar refractivity (Wildman–Crippen MR) is 90.4 cm³/mol. The van der Waals surface area contributed by atoms with Gasteiger partial charge in [-0.1, -0.05) is 19.1 Å². The third kappa shape index (κ3) is 5.75. The molecule has 0 spiro atoms. The van der Waals surface area contributed by atoms with Crippen LogP contribution in [0.25, 0.3) is 0 Å². The van der Waals surface area contributed by atoms with Crippen LogP contribution < -0.4 is 10.6 Å². The second-order valence-corrected chi connectivity index (χ2v) is 5.64. The minimum atomic E-state index is -0.361. The molecule has 6 heteroatoms. The summed E-state index contributed by atoms with van der Waals surface area (Å²) in [6.07, 6.45) is 4.72. The lowest BCUT2D eigenvalue weighted by Crippen LogP contribution is -2.31. The zero-order chi connectivity index (χ0) is 16.7. The number of rotatable bonds is 7. The first kappa shape index (κ1) is 17.0. The molecule has 124 valence electrons. The maximum absolute atomic E-state index is 11.7. The number of anilines is 1. The fourth-order valence-corrected chi connectivity index (χ4v) is 2.17. The van der Waals surface area contributed by atoms with Gasteiger partial charge >= 0.3 is 6.03 Å². The van der Waals surface area contributed by atoms with Gasteiger partial charge < -0.3 is 15.7 Å². The van der Waals surface area contributed by atoms with Crippen LogP contribution in [0.4, 0.5) is 10.5 Å². The van der Waals surface area contributed by atoms with Crippen LogP contribution in [-0.4, -0.2) is 33.6 Å². The summed E-state index contributed by atoms with van der Waals surface area (Å²) in [5.74, 6) is 0. The molecule has 0 fully saturated rings. The van der Waals surface area contributed by atoms with E-state index in [9.17, 15) is 9.90 Å². The van der Waals surface area contributed by atoms with Crippen molar-refractivity contribution in [2.45, 2.75) is 39.3 Å². The van der Waals surface area contributed by atoms with Crippen molar-refractivity contribution in [3.8, 4) is 0 Å². The molecule has 0 saturated carbocycles. The monoisotopic (exact) mass is 316 g/mol. The average Bonchev–Trinajstić information content (AvgIpc) is 2.94. The van der Waals surface area contributed by atoms with Crippen LogP contribution in [0.15, 0.2) is 36.7 Å². The summed E-state index contributed by atoms with van der Waals surface area (Å²) in [6.45, 7) is 5.08. The third-order valence-electron chi connectivity index (χ3n) is 3.55. The van der Waals surface area contributed by atoms with Gasteiger partial charge in [0.25, 0.3) is 0 Å². The van der Waals surface area contributed by atoms with Gasteiger partial charge in [0.2, 0.25) is 0 Å². The van der Waals surface area contributed by atoms with E-state index >= 15 is 0 Å². The van der Waals surface area contributed by atoms with Gasteiger partial charge in [-0.05, 0) is 43.0 Å². The summed E-state index contributed by atoms with van der Waals surface area (Å²) in [7, 11) is 0. The van der Waals surface area contributed by atoms with Gasteiger partial charge in [-0.25, -0.2) is 4.79 Å². The standard InChI is InChI=1S/C17H24N4O2/c1-3-16(22)8-9-18-17(23)20-15-6-4-14(5-7-15)12-21-11-13(2)10-19-21/h4-7,10-11,16,22H,3,8-9,12H2,1-2H3,(H2,18,20,23). The number of aliphatic hydroxyl groups is 1. The number of benzene rings is 1. The summed E-state index contributed by atoms with van der Waals surface area (Å²) < 4.78 is 1.88. The smallest absolute Gasteiger partial charge is 0.319 e. The van der Waals surface area contributed by atoms with E-state index in [1.165, 1.54) is 0 Å². The second kappa shape index (κ2) is 8.33. The van der Waals surface area contributed by atoms with E-state index in [1.807, 2.05) is 55.2 Å². The largest absolute Gasteiger partial charge is 0.393 e. The van der Waals surface area contributed by atoms with Crippen LogP contribution in [0, 0.1) is 6.92 Å². The Bertz CT molecular complexity index is 622. The molecule has 0 aliphatic carbocycles. The first-order valence-corrected chi connectivity index (χ1v) is 7.87. The zero-order valence-electron chi connectivity index (χ0n) is 13.6. The molecule has 2 rings (SSSR count). The number of nitrogens with one attached hydrogen (secondary N) is 2. The topological polar surface area (TPSA) is 79.2 Å². The Morgan fingerprint density at radius 3 is 2.70 bits per heavy atom. The molecule has 1 atom stereocenters. The van der Waals surface area contributed by atoms with Gasteiger partial charge in [-0.2, -0.15) is 5.10 Å². The fourth-order valence-electron chi connectivity index (χ4n) is 2.17. The molecule has 23 heavy (non-hydrogen) atoms. The molecule has 1 aromatic heterocycles. The molecule has 2 amide bonds. The van der Waals surface area contributed by atoms with Crippen molar-refractivity contribution >= 4 is 11.7 Å². The first-order chi connectivity index (χ1) is 11.1. The highest BCUT2D eigenvalue weighted by molar-refractivity contribution is 5.89. The molecule has 6 nitrogen and oxygen atoms in total. The average molecular weight is 316 g/mol. The molecular weight excluding hydrogens is 292 g/mol. The highest BCUT2D eigenvalue weighted by Crippen LogP contribution is 2.11. The minimum absolute atomic E-state index is 0.260. The minimum Gasteiger partial charge on any atom is -0.393 e. The zero-order valence-corrected chi connectivity index (χ0v) is 13.6. The van der Waals surface area contributed by atoms with Crippen LogP contribution >= 0.6 is 0 Å². The SMILES string of the molecule is CCC(O)CCNC(=O)Nc1ccc(Cn2cc(C)cn2)cc1. The van der Waals surface area contributed by atoms with E-state index in [0.29, 0.717) is 25.9 Å². The number of hydrogen-bond acceptors (Lipinski definition) is 3. The summed E-state index contributed by atoms with van der Waals surface area (Å²) in [5, 5.41) is 19.2. The first-order valence-electron chi connectivity index (χ1n) is 7.87. The van der Waals surface area contributed by atoms with E-state index in [0.717, 1.165) is 16.8 Å². The molecule has 2 aromatic rings. The molecule has 1 heterocycles. The van der Waals surface area contributed by atoms with E-state index in [4.69, 9.17) is 0 Å². The molecule has 0 saturated heterocycles. The number of hydrogen-bond donors (Lipinski definition) is 3. The predicted octanol–water partition coefficient (Wildman–Crippen LogP) is 2.52. The van der Waals surface area contributed by atoms with E-state index in [2.05, 4.69) is 15.7 Å². The van der Waals surface area contributed by atoms with E-state index < -0.39 is 0 Å². The summed E-state index contributed by atoms with van der Waals surface area (Å²) in [4.78, 5) is 11.7. The number of aliphatic hydroxyl groups excluding tert-OH is 1. The van der Waals surface area contributed by atoms with Crippen molar-refractivity contribution < 1.29 is 9.90 Å². The number of urea groups is 1. The van der Waals surface area contributed by atoms with Crippen molar-refractivity contribution in [2.75, 3.05) is 11.9 Å². The number of nitrogens with zero attached hydrogens (tertiary/aromatic N) is 2. The Labute approximate surface area is 136 Å². The summed E-state index contributed by atoms with van der Waals surface area (Å²) >= 11 is 0. The highest BCUT2D eigenvalue weighted by Gasteiger charge is 2.04. The van der Waals surface area contributed by atoms with Gasteiger partial charge in [0.05, 0.1) is 18.8 Å². The summed E-state index contributed by atoms with van der Waals surface area (Å²) in [5.41, 5.74) is 2.98. The molecule has 0 aliphatic heterocycles. The molecule has 1 unspecified atom stereocenters. The number of carbonyl (C=O) groups excluding carboxylic acids is 1. The third-order valence-corrected chi connectivity index (χ3v) is 3.55. The Morgan fingerprint density at radius 1 is 1.35 bits per heavy atom. The van der Waals surface area contributed by atoms with Crippen molar-refractivity contribution in [1.29, 1.82) is 0 Å².